The monoisotopic (exact) mass is 262 g/mol. The fourth-order valence-corrected chi connectivity index (χ4v) is 1.92. The number of fused-ring (bicyclic) bond motifs is 1. The van der Waals surface area contributed by atoms with Crippen molar-refractivity contribution < 1.29 is 0 Å². The molecule has 2 heterocycles. The van der Waals surface area contributed by atoms with Crippen molar-refractivity contribution in [2.24, 2.45) is 5.92 Å². The van der Waals surface area contributed by atoms with Crippen LogP contribution in [0.1, 0.15) is 33.6 Å². The van der Waals surface area contributed by atoms with E-state index in [4.69, 9.17) is 0 Å². The first kappa shape index (κ1) is 13.6. The average Bonchev–Trinajstić information content (AvgIpc) is 2.83. The van der Waals surface area contributed by atoms with Crippen molar-refractivity contribution in [1.29, 1.82) is 0 Å². The third-order valence-electron chi connectivity index (χ3n) is 2.90. The third-order valence-corrected chi connectivity index (χ3v) is 2.90. The molecule has 0 unspecified atom stereocenters. The summed E-state index contributed by atoms with van der Waals surface area (Å²) < 4.78 is 0. The molecule has 0 aliphatic rings. The summed E-state index contributed by atoms with van der Waals surface area (Å²) in [6.07, 6.45) is 4.11. The van der Waals surface area contributed by atoms with Crippen LogP contribution in [0.2, 0.25) is 0 Å². The lowest BCUT2D eigenvalue weighted by molar-refractivity contribution is 0.567. The number of anilines is 2. The molecule has 0 aliphatic carbocycles. The molecule has 19 heavy (non-hydrogen) atoms. The average molecular weight is 262 g/mol. The second kappa shape index (κ2) is 6.36. The second-order valence-electron chi connectivity index (χ2n) is 5.02. The first-order valence-corrected chi connectivity index (χ1v) is 6.89. The molecule has 0 aromatic carbocycles. The minimum Gasteiger partial charge on any atom is -0.369 e. The predicted molar refractivity (Wildman–Crippen MR) is 78.4 cm³/mol. The summed E-state index contributed by atoms with van der Waals surface area (Å²) in [7, 11) is 0. The molecular formula is C13H22N6. The van der Waals surface area contributed by atoms with Crippen molar-refractivity contribution in [3.63, 3.8) is 0 Å². The maximum absolute atomic E-state index is 4.49. The van der Waals surface area contributed by atoms with Crippen LogP contribution in [0.25, 0.3) is 11.0 Å². The van der Waals surface area contributed by atoms with E-state index in [9.17, 15) is 0 Å². The Morgan fingerprint density at radius 2 is 2.11 bits per heavy atom. The Hall–Kier alpha value is -1.85. The molecule has 2 aromatic rings. The van der Waals surface area contributed by atoms with Crippen LogP contribution in [0, 0.1) is 5.92 Å². The molecule has 0 bridgehead atoms. The van der Waals surface area contributed by atoms with Gasteiger partial charge in [-0.15, -0.1) is 0 Å². The van der Waals surface area contributed by atoms with Crippen LogP contribution >= 0.6 is 0 Å². The quantitative estimate of drug-likeness (QED) is 0.668. The maximum atomic E-state index is 4.49. The first-order valence-electron chi connectivity index (χ1n) is 6.89. The van der Waals surface area contributed by atoms with Crippen molar-refractivity contribution >= 4 is 22.8 Å². The molecular weight excluding hydrogens is 240 g/mol. The highest BCUT2D eigenvalue weighted by atomic mass is 15.2. The number of aromatic amines is 1. The van der Waals surface area contributed by atoms with E-state index in [0.29, 0.717) is 5.95 Å². The molecule has 2 rings (SSSR count). The fraction of sp³-hybridized carbons (Fsp3) is 0.615. The van der Waals surface area contributed by atoms with E-state index in [0.717, 1.165) is 42.3 Å². The molecule has 0 saturated heterocycles. The van der Waals surface area contributed by atoms with Gasteiger partial charge in [0.1, 0.15) is 5.82 Å². The number of hydrogen-bond donors (Lipinski definition) is 3. The first-order chi connectivity index (χ1) is 9.20. The minimum atomic E-state index is 0.630. The molecule has 0 spiro atoms. The molecule has 0 amide bonds. The smallest absolute Gasteiger partial charge is 0.226 e. The number of nitrogens with one attached hydrogen (secondary N) is 3. The highest BCUT2D eigenvalue weighted by molar-refractivity contribution is 5.86. The molecule has 6 nitrogen and oxygen atoms in total. The van der Waals surface area contributed by atoms with Gasteiger partial charge in [-0.05, 0) is 25.7 Å². The summed E-state index contributed by atoms with van der Waals surface area (Å²) in [5, 5.41) is 14.4. The Kier molecular flexibility index (Phi) is 4.54. The van der Waals surface area contributed by atoms with E-state index in [1.54, 1.807) is 6.20 Å². The molecule has 6 heteroatoms. The molecule has 0 aliphatic heterocycles. The van der Waals surface area contributed by atoms with E-state index >= 15 is 0 Å². The SMILES string of the molecule is CCNc1nc(NCCCC(C)C)c2cn[nH]c2n1. The summed E-state index contributed by atoms with van der Waals surface area (Å²) in [4.78, 5) is 8.85. The third kappa shape index (κ3) is 3.56. The van der Waals surface area contributed by atoms with Gasteiger partial charge in [0.25, 0.3) is 0 Å². The number of hydrogen-bond acceptors (Lipinski definition) is 5. The molecule has 104 valence electrons. The summed E-state index contributed by atoms with van der Waals surface area (Å²) >= 11 is 0. The zero-order valence-electron chi connectivity index (χ0n) is 11.8. The van der Waals surface area contributed by atoms with Crippen LogP contribution in [0.15, 0.2) is 6.20 Å². The van der Waals surface area contributed by atoms with Gasteiger partial charge < -0.3 is 10.6 Å². The lowest BCUT2D eigenvalue weighted by Crippen LogP contribution is -2.08. The lowest BCUT2D eigenvalue weighted by atomic mass is 10.1. The number of aromatic nitrogens is 4. The largest absolute Gasteiger partial charge is 0.369 e. The van der Waals surface area contributed by atoms with Crippen LogP contribution in [0.3, 0.4) is 0 Å². The second-order valence-corrected chi connectivity index (χ2v) is 5.02. The van der Waals surface area contributed by atoms with Gasteiger partial charge in [0.05, 0.1) is 11.6 Å². The van der Waals surface area contributed by atoms with Crippen LogP contribution in [-0.2, 0) is 0 Å². The Labute approximate surface area is 113 Å². The Balaban J connectivity index is 2.09. The van der Waals surface area contributed by atoms with Gasteiger partial charge in [-0.1, -0.05) is 13.8 Å². The van der Waals surface area contributed by atoms with Crippen LogP contribution < -0.4 is 10.6 Å². The normalized spacial score (nSPS) is 11.2. The van der Waals surface area contributed by atoms with E-state index in [2.05, 4.69) is 44.6 Å². The van der Waals surface area contributed by atoms with Crippen molar-refractivity contribution in [1.82, 2.24) is 20.2 Å². The minimum absolute atomic E-state index is 0.630. The number of nitrogens with zero attached hydrogens (tertiary/aromatic N) is 3. The zero-order valence-corrected chi connectivity index (χ0v) is 11.8. The van der Waals surface area contributed by atoms with Crippen molar-refractivity contribution in [3.8, 4) is 0 Å². The van der Waals surface area contributed by atoms with Gasteiger partial charge in [-0.2, -0.15) is 15.1 Å². The van der Waals surface area contributed by atoms with Gasteiger partial charge in [0, 0.05) is 13.1 Å². The Bertz CT molecular complexity index is 519. The summed E-state index contributed by atoms with van der Waals surface area (Å²) in [6.45, 7) is 8.22. The molecule has 3 N–H and O–H groups in total. The zero-order chi connectivity index (χ0) is 13.7. The van der Waals surface area contributed by atoms with E-state index in [1.165, 1.54) is 6.42 Å². The van der Waals surface area contributed by atoms with E-state index < -0.39 is 0 Å². The fourth-order valence-electron chi connectivity index (χ4n) is 1.92. The lowest BCUT2D eigenvalue weighted by Gasteiger charge is -2.09. The van der Waals surface area contributed by atoms with E-state index in [1.807, 2.05) is 6.92 Å². The molecule has 0 atom stereocenters. The Morgan fingerprint density at radius 3 is 2.84 bits per heavy atom. The number of H-pyrrole nitrogens is 1. The Morgan fingerprint density at radius 1 is 1.26 bits per heavy atom. The standard InChI is InChI=1S/C13H22N6/c1-4-14-13-17-11(15-7-5-6-9(2)3)10-8-16-19-12(10)18-13/h8-9H,4-7H2,1-3H3,(H3,14,15,16,17,18,19). The van der Waals surface area contributed by atoms with Gasteiger partial charge in [0.2, 0.25) is 5.95 Å². The van der Waals surface area contributed by atoms with Gasteiger partial charge in [0.15, 0.2) is 5.65 Å². The van der Waals surface area contributed by atoms with Crippen LogP contribution in [0.4, 0.5) is 11.8 Å². The van der Waals surface area contributed by atoms with E-state index in [-0.39, 0.29) is 0 Å². The van der Waals surface area contributed by atoms with Crippen molar-refractivity contribution in [2.45, 2.75) is 33.6 Å². The van der Waals surface area contributed by atoms with Crippen molar-refractivity contribution in [3.05, 3.63) is 6.20 Å². The number of rotatable bonds is 7. The highest BCUT2D eigenvalue weighted by Crippen LogP contribution is 2.20. The van der Waals surface area contributed by atoms with Crippen LogP contribution in [0.5, 0.6) is 0 Å². The summed E-state index contributed by atoms with van der Waals surface area (Å²) in [6, 6.07) is 0. The van der Waals surface area contributed by atoms with Crippen molar-refractivity contribution in [2.75, 3.05) is 23.7 Å². The predicted octanol–water partition coefficient (Wildman–Crippen LogP) is 2.63. The van der Waals surface area contributed by atoms with Gasteiger partial charge >= 0.3 is 0 Å². The summed E-state index contributed by atoms with van der Waals surface area (Å²) in [5.41, 5.74) is 0.761. The van der Waals surface area contributed by atoms with Crippen LogP contribution in [-0.4, -0.2) is 33.3 Å². The highest BCUT2D eigenvalue weighted by Gasteiger charge is 2.08. The van der Waals surface area contributed by atoms with Gasteiger partial charge in [-0.25, -0.2) is 0 Å². The molecule has 0 fully saturated rings. The van der Waals surface area contributed by atoms with Gasteiger partial charge in [-0.3, -0.25) is 5.10 Å². The topological polar surface area (TPSA) is 78.5 Å². The maximum Gasteiger partial charge on any atom is 0.226 e. The summed E-state index contributed by atoms with van der Waals surface area (Å²) in [5.74, 6) is 2.21. The molecule has 0 radical (unpaired) electrons. The molecule has 2 aromatic heterocycles. The molecule has 0 saturated carbocycles.